The SMILES string of the molecule is CCCCCCCCCCCCCC[PH](C(C)C)(C(C)C)C(C)C. The van der Waals surface area contributed by atoms with Gasteiger partial charge in [-0.3, -0.25) is 0 Å². The van der Waals surface area contributed by atoms with Crippen LogP contribution in [0.3, 0.4) is 0 Å². The molecule has 0 heterocycles. The van der Waals surface area contributed by atoms with Crippen LogP contribution in [0.5, 0.6) is 0 Å². The van der Waals surface area contributed by atoms with E-state index in [0.29, 0.717) is 0 Å². The third-order valence-corrected chi connectivity index (χ3v) is 14.4. The molecule has 0 rings (SSSR count). The van der Waals surface area contributed by atoms with Crippen LogP contribution in [0.25, 0.3) is 0 Å². The molecule has 0 aromatic heterocycles. The molecule has 0 amide bonds. The van der Waals surface area contributed by atoms with Crippen LogP contribution in [0.4, 0.5) is 0 Å². The zero-order valence-corrected chi connectivity index (χ0v) is 19.4. The van der Waals surface area contributed by atoms with Gasteiger partial charge in [0.15, 0.2) is 0 Å². The quantitative estimate of drug-likeness (QED) is 0.191. The summed E-state index contributed by atoms with van der Waals surface area (Å²) in [5, 5.41) is 0. The van der Waals surface area contributed by atoms with Crippen molar-refractivity contribution < 1.29 is 0 Å². The zero-order valence-electron chi connectivity index (χ0n) is 18.4. The Labute approximate surface area is 156 Å². The van der Waals surface area contributed by atoms with Crippen molar-refractivity contribution in [3.8, 4) is 0 Å². The van der Waals surface area contributed by atoms with Gasteiger partial charge in [0.05, 0.1) is 0 Å². The molecule has 0 aromatic carbocycles. The maximum atomic E-state index is 2.51. The van der Waals surface area contributed by atoms with Gasteiger partial charge in [0, 0.05) is 0 Å². The van der Waals surface area contributed by atoms with E-state index in [9.17, 15) is 0 Å². The van der Waals surface area contributed by atoms with E-state index in [2.05, 4.69) is 48.5 Å². The van der Waals surface area contributed by atoms with Crippen LogP contribution in [0.1, 0.15) is 126 Å². The Morgan fingerprint density at radius 3 is 1.04 bits per heavy atom. The predicted molar refractivity (Wildman–Crippen MR) is 120 cm³/mol. The third kappa shape index (κ3) is 9.22. The molecule has 0 saturated carbocycles. The summed E-state index contributed by atoms with van der Waals surface area (Å²) in [6.07, 6.45) is 19.2. The second-order valence-electron chi connectivity index (χ2n) is 9.22. The Hall–Kier alpha value is 0.430. The Bertz CT molecular complexity index is 245. The van der Waals surface area contributed by atoms with Crippen LogP contribution in [0.2, 0.25) is 0 Å². The van der Waals surface area contributed by atoms with Gasteiger partial charge in [-0.2, -0.15) is 0 Å². The molecule has 0 bridgehead atoms. The molecule has 0 unspecified atom stereocenters. The summed E-state index contributed by atoms with van der Waals surface area (Å²) in [6, 6.07) is 0. The predicted octanol–water partition coefficient (Wildman–Crippen LogP) is 8.66. The number of unbranched alkanes of at least 4 members (excludes halogenated alkanes) is 11. The minimum absolute atomic E-state index is 0.935. The molecule has 0 atom stereocenters. The van der Waals surface area contributed by atoms with E-state index in [-0.39, 0.29) is 0 Å². The van der Waals surface area contributed by atoms with Gasteiger partial charge in [-0.15, -0.1) is 0 Å². The van der Waals surface area contributed by atoms with Crippen LogP contribution in [0.15, 0.2) is 0 Å². The van der Waals surface area contributed by atoms with Gasteiger partial charge in [0.2, 0.25) is 0 Å². The second-order valence-corrected chi connectivity index (χ2v) is 15.4. The van der Waals surface area contributed by atoms with Gasteiger partial charge in [-0.1, -0.05) is 13.3 Å². The first-order valence-electron chi connectivity index (χ1n) is 11.4. The Morgan fingerprint density at radius 1 is 0.458 bits per heavy atom. The summed E-state index contributed by atoms with van der Waals surface area (Å²) >= 11 is 0. The molecule has 0 aliphatic rings. The van der Waals surface area contributed by atoms with Crippen LogP contribution >= 0.6 is 7.26 Å². The first-order valence-corrected chi connectivity index (χ1v) is 13.8. The average molecular weight is 359 g/mol. The van der Waals surface area contributed by atoms with Crippen molar-refractivity contribution in [2.75, 3.05) is 6.16 Å². The molecule has 0 radical (unpaired) electrons. The van der Waals surface area contributed by atoms with E-state index >= 15 is 0 Å². The van der Waals surface area contributed by atoms with Gasteiger partial charge in [0.25, 0.3) is 0 Å². The fourth-order valence-electron chi connectivity index (χ4n) is 5.14. The van der Waals surface area contributed by atoms with E-state index in [4.69, 9.17) is 0 Å². The first kappa shape index (κ1) is 24.4. The van der Waals surface area contributed by atoms with Gasteiger partial charge in [-0.05, 0) is 0 Å². The fraction of sp³-hybridized carbons (Fsp3) is 1.00. The summed E-state index contributed by atoms with van der Waals surface area (Å²) in [7, 11) is -1.12. The van der Waals surface area contributed by atoms with Crippen molar-refractivity contribution in [3.05, 3.63) is 0 Å². The molecule has 0 aromatic rings. The molecule has 0 spiro atoms. The summed E-state index contributed by atoms with van der Waals surface area (Å²) in [5.41, 5.74) is 2.81. The van der Waals surface area contributed by atoms with Gasteiger partial charge < -0.3 is 0 Å². The van der Waals surface area contributed by atoms with Gasteiger partial charge in [-0.25, -0.2) is 0 Å². The van der Waals surface area contributed by atoms with Crippen molar-refractivity contribution in [2.45, 2.75) is 142 Å². The molecule has 0 N–H and O–H groups in total. The van der Waals surface area contributed by atoms with E-state index < -0.39 is 7.26 Å². The van der Waals surface area contributed by atoms with Crippen molar-refractivity contribution in [2.24, 2.45) is 0 Å². The van der Waals surface area contributed by atoms with Crippen molar-refractivity contribution in [1.29, 1.82) is 0 Å². The Kier molecular flexibility index (Phi) is 14.8. The molecule has 148 valence electrons. The van der Waals surface area contributed by atoms with Crippen LogP contribution < -0.4 is 0 Å². The van der Waals surface area contributed by atoms with E-state index in [1.807, 2.05) is 0 Å². The monoisotopic (exact) mass is 358 g/mol. The van der Waals surface area contributed by atoms with E-state index in [1.165, 1.54) is 77.0 Å². The zero-order chi connectivity index (χ0) is 18.4. The molecule has 0 saturated heterocycles. The topological polar surface area (TPSA) is 0 Å². The number of hydrogen-bond donors (Lipinski definition) is 0. The molecule has 1 heteroatoms. The Morgan fingerprint density at radius 2 is 0.750 bits per heavy atom. The summed E-state index contributed by atoms with van der Waals surface area (Å²) in [5.74, 6) is 0. The summed E-state index contributed by atoms with van der Waals surface area (Å²) in [4.78, 5) is 0. The molecular weight excluding hydrogens is 307 g/mol. The third-order valence-electron chi connectivity index (χ3n) is 6.69. The fourth-order valence-corrected chi connectivity index (χ4v) is 11.7. The molecule has 0 nitrogen and oxygen atoms in total. The first-order chi connectivity index (χ1) is 11.4. The molecule has 0 aliphatic heterocycles. The summed E-state index contributed by atoms with van der Waals surface area (Å²) in [6.45, 7) is 17.3. The van der Waals surface area contributed by atoms with Crippen LogP contribution in [0, 0.1) is 0 Å². The Balaban J connectivity index is 3.73. The number of rotatable bonds is 16. The standard InChI is InChI=1S/C23H51P/c1-8-9-10-11-12-13-14-15-16-17-18-19-20-24(21(2)3,22(4)5)23(6)7/h21-24H,8-20H2,1-7H3. The molecule has 0 aliphatic carbocycles. The molecule has 24 heavy (non-hydrogen) atoms. The number of hydrogen-bond acceptors (Lipinski definition) is 0. The summed E-state index contributed by atoms with van der Waals surface area (Å²) < 4.78 is 0. The van der Waals surface area contributed by atoms with Crippen LogP contribution in [-0.4, -0.2) is 23.1 Å². The van der Waals surface area contributed by atoms with E-state index in [1.54, 1.807) is 6.16 Å². The van der Waals surface area contributed by atoms with Crippen molar-refractivity contribution >= 4 is 7.26 Å². The second kappa shape index (κ2) is 14.6. The average Bonchev–Trinajstić information content (AvgIpc) is 2.51. The molecule has 0 fully saturated rings. The van der Waals surface area contributed by atoms with Crippen molar-refractivity contribution in [1.82, 2.24) is 0 Å². The van der Waals surface area contributed by atoms with Gasteiger partial charge in [0.1, 0.15) is 0 Å². The molecular formula is C23H51P. The van der Waals surface area contributed by atoms with Crippen LogP contribution in [-0.2, 0) is 0 Å². The van der Waals surface area contributed by atoms with Gasteiger partial charge >= 0.3 is 143 Å². The van der Waals surface area contributed by atoms with E-state index in [0.717, 1.165) is 17.0 Å². The normalized spacial score (nSPS) is 13.4. The minimum atomic E-state index is -1.12. The van der Waals surface area contributed by atoms with Crippen molar-refractivity contribution in [3.63, 3.8) is 0 Å². The maximum absolute atomic E-state index is 2.51.